The highest BCUT2D eigenvalue weighted by atomic mass is 16.5. The molecule has 1 aliphatic carbocycles. The van der Waals surface area contributed by atoms with Crippen molar-refractivity contribution in [3.8, 4) is 0 Å². The fourth-order valence-corrected chi connectivity index (χ4v) is 3.24. The Balaban J connectivity index is 2.29. The van der Waals surface area contributed by atoms with Gasteiger partial charge in [-0.15, -0.1) is 0 Å². The molecule has 0 amide bonds. The van der Waals surface area contributed by atoms with Gasteiger partial charge in [0, 0.05) is 0 Å². The summed E-state index contributed by atoms with van der Waals surface area (Å²) >= 11 is 0. The number of hydrogen-bond acceptors (Lipinski definition) is 2. The molecule has 0 aromatic carbocycles. The first-order valence-electron chi connectivity index (χ1n) is 6.38. The fourth-order valence-electron chi connectivity index (χ4n) is 3.24. The van der Waals surface area contributed by atoms with Gasteiger partial charge in [-0.1, -0.05) is 25.5 Å². The van der Waals surface area contributed by atoms with Crippen molar-refractivity contribution < 1.29 is 9.53 Å². The Labute approximate surface area is 98.1 Å². The first-order chi connectivity index (χ1) is 7.50. The molecule has 90 valence electrons. The van der Waals surface area contributed by atoms with Crippen LogP contribution < -0.4 is 0 Å². The molecule has 2 aliphatic rings. The van der Waals surface area contributed by atoms with Crippen LogP contribution >= 0.6 is 0 Å². The molecule has 4 atom stereocenters. The van der Waals surface area contributed by atoms with E-state index in [1.165, 1.54) is 5.57 Å². The number of allylic oxidation sites excluding steroid dienone is 2. The molecule has 2 rings (SSSR count). The van der Waals surface area contributed by atoms with Crippen LogP contribution in [-0.2, 0) is 9.53 Å². The highest BCUT2D eigenvalue weighted by molar-refractivity contribution is 5.75. The molecule has 16 heavy (non-hydrogen) atoms. The van der Waals surface area contributed by atoms with Gasteiger partial charge in [-0.2, -0.15) is 0 Å². The molecule has 0 saturated carbocycles. The van der Waals surface area contributed by atoms with E-state index >= 15 is 0 Å². The van der Waals surface area contributed by atoms with Gasteiger partial charge in [-0.05, 0) is 44.4 Å². The van der Waals surface area contributed by atoms with Crippen molar-refractivity contribution in [3.63, 3.8) is 0 Å². The highest BCUT2D eigenvalue weighted by Crippen LogP contribution is 2.44. The minimum atomic E-state index is 0.0369. The summed E-state index contributed by atoms with van der Waals surface area (Å²) in [5.74, 6) is 1.60. The monoisotopic (exact) mass is 222 g/mol. The first-order valence-corrected chi connectivity index (χ1v) is 6.38. The van der Waals surface area contributed by atoms with E-state index < -0.39 is 0 Å². The number of carbonyl (C=O) groups is 1. The number of ether oxygens (including phenoxy) is 1. The van der Waals surface area contributed by atoms with E-state index in [1.807, 2.05) is 6.92 Å². The van der Waals surface area contributed by atoms with E-state index in [0.29, 0.717) is 17.8 Å². The maximum Gasteiger partial charge on any atom is 0.310 e. The topological polar surface area (TPSA) is 26.3 Å². The second-order valence-corrected chi connectivity index (χ2v) is 5.71. The quantitative estimate of drug-likeness (QED) is 0.503. The van der Waals surface area contributed by atoms with Crippen molar-refractivity contribution in [2.45, 2.75) is 46.6 Å². The Morgan fingerprint density at radius 1 is 1.44 bits per heavy atom. The molecule has 0 radical (unpaired) electrons. The van der Waals surface area contributed by atoms with Crippen LogP contribution in [0.3, 0.4) is 0 Å². The Hall–Kier alpha value is -0.790. The highest BCUT2D eigenvalue weighted by Gasteiger charge is 2.44. The lowest BCUT2D eigenvalue weighted by molar-refractivity contribution is -0.167. The van der Waals surface area contributed by atoms with Gasteiger partial charge in [0.15, 0.2) is 0 Å². The second-order valence-electron chi connectivity index (χ2n) is 5.71. The zero-order valence-corrected chi connectivity index (χ0v) is 10.7. The van der Waals surface area contributed by atoms with E-state index in [4.69, 9.17) is 4.74 Å². The number of fused-ring (bicyclic) bond motifs is 1. The SMILES string of the molecule is CC1=CC[C@@H](C(C)C)[C@@H]2C(=O)O[C@H](C)C[C@@H]12. The number of esters is 1. The molecule has 1 heterocycles. The Bertz CT molecular complexity index is 317. The maximum absolute atomic E-state index is 12.0. The van der Waals surface area contributed by atoms with Gasteiger partial charge >= 0.3 is 5.97 Å². The van der Waals surface area contributed by atoms with Crippen molar-refractivity contribution in [1.29, 1.82) is 0 Å². The average molecular weight is 222 g/mol. The summed E-state index contributed by atoms with van der Waals surface area (Å²) < 4.78 is 5.42. The standard InChI is InChI=1S/C14H22O2/c1-8(2)11-6-5-9(3)12-7-10(4)16-14(15)13(11)12/h5,8,10-13H,6-7H2,1-4H3/t10-,11+,12+,13+/m1/s1. The zero-order valence-electron chi connectivity index (χ0n) is 10.7. The zero-order chi connectivity index (χ0) is 11.9. The third-order valence-electron chi connectivity index (χ3n) is 4.22. The smallest absolute Gasteiger partial charge is 0.310 e. The van der Waals surface area contributed by atoms with Gasteiger partial charge in [0.2, 0.25) is 0 Å². The average Bonchev–Trinajstić information content (AvgIpc) is 2.19. The third-order valence-corrected chi connectivity index (χ3v) is 4.22. The molecular weight excluding hydrogens is 200 g/mol. The molecule has 1 aliphatic heterocycles. The molecule has 2 nitrogen and oxygen atoms in total. The molecular formula is C14H22O2. The molecule has 0 N–H and O–H groups in total. The third kappa shape index (κ3) is 1.90. The van der Waals surface area contributed by atoms with Crippen LogP contribution in [0.25, 0.3) is 0 Å². The molecule has 0 spiro atoms. The molecule has 2 heteroatoms. The summed E-state index contributed by atoms with van der Waals surface area (Å²) in [6, 6.07) is 0. The van der Waals surface area contributed by atoms with E-state index in [2.05, 4.69) is 26.8 Å². The Morgan fingerprint density at radius 3 is 2.75 bits per heavy atom. The summed E-state index contributed by atoms with van der Waals surface area (Å²) in [6.45, 7) is 8.59. The van der Waals surface area contributed by atoms with Crippen LogP contribution in [0.5, 0.6) is 0 Å². The molecule has 1 saturated heterocycles. The van der Waals surface area contributed by atoms with E-state index in [9.17, 15) is 4.79 Å². The lowest BCUT2D eigenvalue weighted by Gasteiger charge is -2.42. The minimum Gasteiger partial charge on any atom is -0.462 e. The Morgan fingerprint density at radius 2 is 2.12 bits per heavy atom. The maximum atomic E-state index is 12.0. The summed E-state index contributed by atoms with van der Waals surface area (Å²) in [4.78, 5) is 12.0. The number of rotatable bonds is 1. The van der Waals surface area contributed by atoms with Crippen molar-refractivity contribution in [3.05, 3.63) is 11.6 Å². The minimum absolute atomic E-state index is 0.0369. The van der Waals surface area contributed by atoms with Gasteiger partial charge in [0.1, 0.15) is 0 Å². The van der Waals surface area contributed by atoms with Gasteiger partial charge in [0.05, 0.1) is 12.0 Å². The van der Waals surface area contributed by atoms with E-state index in [-0.39, 0.29) is 18.0 Å². The summed E-state index contributed by atoms with van der Waals surface area (Å²) in [7, 11) is 0. The van der Waals surface area contributed by atoms with E-state index in [1.54, 1.807) is 0 Å². The largest absolute Gasteiger partial charge is 0.462 e. The van der Waals surface area contributed by atoms with Crippen LogP contribution in [0.15, 0.2) is 11.6 Å². The predicted octanol–water partition coefficient (Wildman–Crippen LogP) is 3.18. The van der Waals surface area contributed by atoms with Crippen molar-refractivity contribution >= 4 is 5.97 Å². The summed E-state index contributed by atoms with van der Waals surface area (Å²) in [5.41, 5.74) is 1.39. The molecule has 0 bridgehead atoms. The lowest BCUT2D eigenvalue weighted by atomic mass is 9.66. The van der Waals surface area contributed by atoms with Gasteiger partial charge in [-0.3, -0.25) is 4.79 Å². The summed E-state index contributed by atoms with van der Waals surface area (Å²) in [6.07, 6.45) is 4.45. The molecule has 0 aromatic heterocycles. The van der Waals surface area contributed by atoms with Crippen LogP contribution in [0.1, 0.15) is 40.5 Å². The van der Waals surface area contributed by atoms with Crippen LogP contribution in [0, 0.1) is 23.7 Å². The second kappa shape index (κ2) is 4.23. The number of carbonyl (C=O) groups excluding carboxylic acids is 1. The lowest BCUT2D eigenvalue weighted by Crippen LogP contribution is -2.44. The number of cyclic esters (lactones) is 1. The molecule has 0 aromatic rings. The summed E-state index contributed by atoms with van der Waals surface area (Å²) in [5, 5.41) is 0. The van der Waals surface area contributed by atoms with Crippen LogP contribution in [0.2, 0.25) is 0 Å². The van der Waals surface area contributed by atoms with Crippen LogP contribution in [0.4, 0.5) is 0 Å². The van der Waals surface area contributed by atoms with Crippen molar-refractivity contribution in [2.75, 3.05) is 0 Å². The first kappa shape index (κ1) is 11.7. The molecule has 1 fully saturated rings. The fraction of sp³-hybridized carbons (Fsp3) is 0.786. The van der Waals surface area contributed by atoms with Crippen LogP contribution in [-0.4, -0.2) is 12.1 Å². The molecule has 0 unspecified atom stereocenters. The van der Waals surface area contributed by atoms with Gasteiger partial charge < -0.3 is 4.74 Å². The van der Waals surface area contributed by atoms with Gasteiger partial charge in [-0.25, -0.2) is 0 Å². The normalized spacial score (nSPS) is 39.1. The van der Waals surface area contributed by atoms with E-state index in [0.717, 1.165) is 12.8 Å². The van der Waals surface area contributed by atoms with Crippen molar-refractivity contribution in [2.24, 2.45) is 23.7 Å². The van der Waals surface area contributed by atoms with Gasteiger partial charge in [0.25, 0.3) is 0 Å². The van der Waals surface area contributed by atoms with Crippen molar-refractivity contribution in [1.82, 2.24) is 0 Å². The number of hydrogen-bond donors (Lipinski definition) is 0. The Kier molecular flexibility index (Phi) is 3.09. The predicted molar refractivity (Wildman–Crippen MR) is 63.9 cm³/mol.